The number of fused-ring (bicyclic) bond motifs is 7. The maximum atomic E-state index is 10.9. The fourth-order valence-corrected chi connectivity index (χ4v) is 9.13. The summed E-state index contributed by atoms with van der Waals surface area (Å²) in [5.74, 6) is 0.775. The number of nitriles is 1. The number of para-hydroxylation sites is 2. The Kier molecular flexibility index (Phi) is 8.09. The summed E-state index contributed by atoms with van der Waals surface area (Å²) in [5, 5.41) is 15.3. The first-order chi connectivity index (χ1) is 29.2. The number of aliphatic imine (C=N–C) groups is 1. The van der Waals surface area contributed by atoms with Gasteiger partial charge in [0.2, 0.25) is 0 Å². The molecule has 0 amide bonds. The number of nitrogens with zero attached hydrogens (tertiary/aromatic N) is 4. The molecule has 0 saturated carbocycles. The molecule has 0 N–H and O–H groups in total. The summed E-state index contributed by atoms with van der Waals surface area (Å²) in [6.45, 7) is 0. The van der Waals surface area contributed by atoms with Gasteiger partial charge in [-0.15, -0.1) is 0 Å². The molecule has 1 aliphatic rings. The van der Waals surface area contributed by atoms with Crippen molar-refractivity contribution >= 4 is 55.3 Å². The number of hydrogen-bond acceptors (Lipinski definition) is 4. The predicted octanol–water partition coefficient (Wildman–Crippen LogP) is 13.4. The van der Waals surface area contributed by atoms with Gasteiger partial charge in [0.25, 0.3) is 0 Å². The third kappa shape index (κ3) is 5.42. The summed E-state index contributed by atoms with van der Waals surface area (Å²) in [7, 11) is 2.06. The number of likely N-dealkylation sites (N-methyl/N-ethyl adjacent to an activating group) is 1. The monoisotopic (exact) mass is 756 g/mol. The van der Waals surface area contributed by atoms with E-state index in [4.69, 9.17) is 9.41 Å². The smallest absolute Gasteiger partial charge is 0.145 e. The van der Waals surface area contributed by atoms with E-state index < -0.39 is 0 Å². The Morgan fingerprint density at radius 1 is 0.542 bits per heavy atom. The zero-order valence-electron chi connectivity index (χ0n) is 32.2. The van der Waals surface area contributed by atoms with Gasteiger partial charge in [0.05, 0.1) is 45.5 Å². The molecule has 1 unspecified atom stereocenters. The van der Waals surface area contributed by atoms with Crippen LogP contribution >= 0.6 is 0 Å². The minimum Gasteiger partial charge on any atom is -0.455 e. The molecule has 2 aromatic heterocycles. The predicted molar refractivity (Wildman–Crippen MR) is 241 cm³/mol. The van der Waals surface area contributed by atoms with E-state index in [2.05, 4.69) is 156 Å². The van der Waals surface area contributed by atoms with E-state index in [1.165, 1.54) is 0 Å². The van der Waals surface area contributed by atoms with Gasteiger partial charge in [-0.05, 0) is 47.0 Å². The summed E-state index contributed by atoms with van der Waals surface area (Å²) >= 11 is 0. The summed E-state index contributed by atoms with van der Waals surface area (Å²) in [5.41, 5.74) is 13.3. The molecule has 59 heavy (non-hydrogen) atoms. The lowest BCUT2D eigenvalue weighted by molar-refractivity contribution is 0.424. The highest BCUT2D eigenvalue weighted by molar-refractivity contribution is 6.24. The normalized spacial score (nSPS) is 14.3. The number of aromatic nitrogens is 1. The van der Waals surface area contributed by atoms with E-state index in [1.807, 2.05) is 60.7 Å². The quantitative estimate of drug-likeness (QED) is 0.170. The van der Waals surface area contributed by atoms with E-state index in [0.29, 0.717) is 11.3 Å². The summed E-state index contributed by atoms with van der Waals surface area (Å²) in [6.07, 6.45) is 0. The molecule has 5 heteroatoms. The molecule has 3 heterocycles. The van der Waals surface area contributed by atoms with Gasteiger partial charge < -0.3 is 13.9 Å². The average Bonchev–Trinajstić information content (AvgIpc) is 3.85. The van der Waals surface area contributed by atoms with Gasteiger partial charge >= 0.3 is 0 Å². The van der Waals surface area contributed by atoms with Gasteiger partial charge in [0.15, 0.2) is 0 Å². The van der Waals surface area contributed by atoms with Gasteiger partial charge in [-0.25, -0.2) is 4.99 Å². The Morgan fingerprint density at radius 2 is 1.14 bits per heavy atom. The van der Waals surface area contributed by atoms with Gasteiger partial charge in [-0.2, -0.15) is 5.26 Å². The SMILES string of the molecule is CN1C(c2ccc(-c3ccccc3)c(-n3c4ccccc4c4c5oc6ccccc6c5ccc43)c2-c2ccccc2)=NC(c2ccccc2)=C(C#N)C1c1ccccc1. The fourth-order valence-electron chi connectivity index (χ4n) is 9.13. The molecular formula is C54H36N4O. The number of rotatable bonds is 6. The molecule has 1 atom stereocenters. The van der Waals surface area contributed by atoms with Crippen LogP contribution in [-0.2, 0) is 0 Å². The van der Waals surface area contributed by atoms with Crippen LogP contribution in [-0.4, -0.2) is 22.4 Å². The van der Waals surface area contributed by atoms with Crippen LogP contribution < -0.4 is 0 Å². The van der Waals surface area contributed by atoms with Crippen LogP contribution in [0.5, 0.6) is 0 Å². The van der Waals surface area contributed by atoms with E-state index in [9.17, 15) is 5.26 Å². The van der Waals surface area contributed by atoms with E-state index in [1.54, 1.807) is 0 Å². The molecule has 10 aromatic rings. The van der Waals surface area contributed by atoms with Crippen molar-refractivity contribution in [1.82, 2.24) is 9.47 Å². The standard InChI is InChI=1S/C54H36N4O/c1-57-51(38-24-12-5-13-25-38)44(34-55)50(37-22-10-4-11-23-37)56-54(57)43-31-30-39(35-18-6-2-7-19-35)52(48(43)36-20-8-3-9-21-36)58-45-28-16-14-27-42(45)49-46(58)33-32-41-40-26-15-17-29-47(40)59-53(41)49/h2-33,51H,1H3. The highest BCUT2D eigenvalue weighted by Gasteiger charge is 2.35. The van der Waals surface area contributed by atoms with Crippen molar-refractivity contribution in [2.75, 3.05) is 7.05 Å². The third-order valence-corrected chi connectivity index (χ3v) is 11.7. The molecule has 11 rings (SSSR count). The van der Waals surface area contributed by atoms with Crippen molar-refractivity contribution in [2.24, 2.45) is 4.99 Å². The van der Waals surface area contributed by atoms with E-state index in [0.717, 1.165) is 94.2 Å². The molecule has 0 spiro atoms. The average molecular weight is 757 g/mol. The van der Waals surface area contributed by atoms with Crippen molar-refractivity contribution in [3.05, 3.63) is 216 Å². The molecular weight excluding hydrogens is 721 g/mol. The Hall–Kier alpha value is -7.94. The van der Waals surface area contributed by atoms with Crippen LogP contribution in [0.3, 0.4) is 0 Å². The second-order valence-corrected chi connectivity index (χ2v) is 15.0. The van der Waals surface area contributed by atoms with E-state index in [-0.39, 0.29) is 6.04 Å². The zero-order valence-corrected chi connectivity index (χ0v) is 32.2. The summed E-state index contributed by atoms with van der Waals surface area (Å²) in [6, 6.07) is 69.7. The molecule has 5 nitrogen and oxygen atoms in total. The van der Waals surface area contributed by atoms with Crippen molar-refractivity contribution in [3.8, 4) is 34.0 Å². The van der Waals surface area contributed by atoms with E-state index >= 15 is 0 Å². The lowest BCUT2D eigenvalue weighted by Gasteiger charge is -2.36. The summed E-state index contributed by atoms with van der Waals surface area (Å²) in [4.78, 5) is 7.69. The van der Waals surface area contributed by atoms with Gasteiger partial charge in [-0.1, -0.05) is 164 Å². The van der Waals surface area contributed by atoms with Crippen molar-refractivity contribution in [2.45, 2.75) is 6.04 Å². The first-order valence-corrected chi connectivity index (χ1v) is 19.9. The number of benzene rings is 8. The number of amidine groups is 1. The van der Waals surface area contributed by atoms with Crippen LogP contribution in [0.15, 0.2) is 209 Å². The van der Waals surface area contributed by atoms with Gasteiger partial charge in [-0.3, -0.25) is 0 Å². The fraction of sp³-hybridized carbons (Fsp3) is 0.0370. The molecule has 0 fully saturated rings. The lowest BCUT2D eigenvalue weighted by atomic mass is 9.88. The number of furan rings is 1. The van der Waals surface area contributed by atoms with Gasteiger partial charge in [0, 0.05) is 45.5 Å². The molecule has 278 valence electrons. The van der Waals surface area contributed by atoms with Gasteiger partial charge in [0.1, 0.15) is 17.0 Å². The Morgan fingerprint density at radius 3 is 1.85 bits per heavy atom. The van der Waals surface area contributed by atoms with Crippen molar-refractivity contribution in [3.63, 3.8) is 0 Å². The summed E-state index contributed by atoms with van der Waals surface area (Å²) < 4.78 is 9.17. The zero-order chi connectivity index (χ0) is 39.5. The Labute approximate surface area is 341 Å². The van der Waals surface area contributed by atoms with Crippen LogP contribution in [0.4, 0.5) is 0 Å². The first kappa shape index (κ1) is 34.3. The second-order valence-electron chi connectivity index (χ2n) is 15.0. The molecule has 0 bridgehead atoms. The van der Waals surface area contributed by atoms with Crippen LogP contribution in [0, 0.1) is 11.3 Å². The maximum Gasteiger partial charge on any atom is 0.145 e. The van der Waals surface area contributed by atoms with Crippen molar-refractivity contribution in [1.29, 1.82) is 5.26 Å². The molecule has 0 radical (unpaired) electrons. The molecule has 0 saturated heterocycles. The molecule has 8 aromatic carbocycles. The third-order valence-electron chi connectivity index (χ3n) is 11.7. The van der Waals surface area contributed by atoms with Crippen LogP contribution in [0.1, 0.15) is 22.7 Å². The number of hydrogen-bond donors (Lipinski definition) is 0. The highest BCUT2D eigenvalue weighted by atomic mass is 16.3. The van der Waals surface area contributed by atoms with Crippen LogP contribution in [0.2, 0.25) is 0 Å². The minimum atomic E-state index is -0.376. The van der Waals surface area contributed by atoms with Crippen molar-refractivity contribution < 1.29 is 4.42 Å². The molecule has 0 aliphatic carbocycles. The lowest BCUT2D eigenvalue weighted by Crippen LogP contribution is -2.36. The Bertz CT molecular complexity index is 3340. The van der Waals surface area contributed by atoms with Crippen LogP contribution in [0.25, 0.3) is 77.4 Å². The minimum absolute atomic E-state index is 0.376. The first-order valence-electron chi connectivity index (χ1n) is 19.9. The largest absolute Gasteiger partial charge is 0.455 e. The highest BCUT2D eigenvalue weighted by Crippen LogP contribution is 2.47. The molecule has 1 aliphatic heterocycles. The topological polar surface area (TPSA) is 57.5 Å². The Balaban J connectivity index is 1.30. The second kappa shape index (κ2) is 13.9. The maximum absolute atomic E-state index is 10.9.